The maximum absolute atomic E-state index is 2.43. The van der Waals surface area contributed by atoms with E-state index in [0.29, 0.717) is 0 Å². The maximum atomic E-state index is 2.43. The lowest BCUT2D eigenvalue weighted by Gasteiger charge is -2.19. The van der Waals surface area contributed by atoms with E-state index in [-0.39, 0.29) is 5.41 Å². The van der Waals surface area contributed by atoms with Gasteiger partial charge in [-0.15, -0.1) is 0 Å². The summed E-state index contributed by atoms with van der Waals surface area (Å²) in [5, 5.41) is 13.3. The average molecular weight is 471 g/mol. The molecule has 0 nitrogen and oxygen atoms in total. The number of benzene rings is 7. The number of allylic oxidation sites excluding steroid dienone is 1. The molecule has 7 aromatic carbocycles. The third kappa shape index (κ3) is 2.84. The van der Waals surface area contributed by atoms with E-state index in [1.54, 1.807) is 0 Å². The monoisotopic (exact) mass is 470 g/mol. The normalized spacial score (nSPS) is 14.3. The van der Waals surface area contributed by atoms with Crippen molar-refractivity contribution in [2.75, 3.05) is 0 Å². The van der Waals surface area contributed by atoms with E-state index in [2.05, 4.69) is 135 Å². The molecule has 0 N–H and O–H groups in total. The summed E-state index contributed by atoms with van der Waals surface area (Å²) in [6.07, 6.45) is 4.60. The van der Waals surface area contributed by atoms with Crippen LogP contribution in [0.15, 0.2) is 115 Å². The topological polar surface area (TPSA) is 0 Å². The van der Waals surface area contributed by atoms with Crippen LogP contribution in [-0.4, -0.2) is 0 Å². The van der Waals surface area contributed by atoms with Crippen LogP contribution in [0.1, 0.15) is 25.0 Å². The zero-order valence-corrected chi connectivity index (χ0v) is 21.0. The molecule has 0 unspecified atom stereocenters. The molecule has 0 bridgehead atoms. The Labute approximate surface area is 216 Å². The van der Waals surface area contributed by atoms with Gasteiger partial charge in [0, 0.05) is 5.41 Å². The van der Waals surface area contributed by atoms with Gasteiger partial charge in [0.1, 0.15) is 0 Å². The first-order valence-electron chi connectivity index (χ1n) is 13.1. The maximum Gasteiger partial charge on any atom is 0.00845 e. The molecule has 0 aliphatic heterocycles. The van der Waals surface area contributed by atoms with Crippen LogP contribution in [0, 0.1) is 0 Å². The van der Waals surface area contributed by atoms with Crippen LogP contribution in [0.25, 0.3) is 71.1 Å². The molecule has 1 aliphatic rings. The molecule has 0 radical (unpaired) electrons. The Hall–Kier alpha value is -4.42. The molecule has 0 heterocycles. The highest BCUT2D eigenvalue weighted by atomic mass is 14.3. The van der Waals surface area contributed by atoms with Gasteiger partial charge in [-0.2, -0.15) is 0 Å². The highest BCUT2D eigenvalue weighted by molar-refractivity contribution is 6.39. The predicted octanol–water partition coefficient (Wildman–Crippen LogP) is 10.4. The molecule has 174 valence electrons. The quantitative estimate of drug-likeness (QED) is 0.209. The molecule has 0 fully saturated rings. The van der Waals surface area contributed by atoms with E-state index in [1.165, 1.54) is 76.1 Å². The van der Waals surface area contributed by atoms with Crippen molar-refractivity contribution < 1.29 is 0 Å². The van der Waals surface area contributed by atoms with Gasteiger partial charge < -0.3 is 0 Å². The van der Waals surface area contributed by atoms with Gasteiger partial charge in [0.05, 0.1) is 0 Å². The van der Waals surface area contributed by atoms with Gasteiger partial charge in [0.15, 0.2) is 0 Å². The first kappa shape index (κ1) is 20.7. The van der Waals surface area contributed by atoms with E-state index in [4.69, 9.17) is 0 Å². The molecule has 0 saturated carbocycles. The summed E-state index contributed by atoms with van der Waals surface area (Å²) in [4.78, 5) is 0. The van der Waals surface area contributed by atoms with Crippen LogP contribution in [0.4, 0.5) is 0 Å². The van der Waals surface area contributed by atoms with Gasteiger partial charge >= 0.3 is 0 Å². The first-order chi connectivity index (χ1) is 18.1. The Balaban J connectivity index is 1.55. The summed E-state index contributed by atoms with van der Waals surface area (Å²) in [6.45, 7) is 4.58. The highest BCUT2D eigenvalue weighted by Gasteiger charge is 2.25. The van der Waals surface area contributed by atoms with Crippen molar-refractivity contribution in [2.45, 2.75) is 19.3 Å². The molecule has 0 spiro atoms. The Morgan fingerprint density at radius 3 is 1.49 bits per heavy atom. The van der Waals surface area contributed by atoms with E-state index in [0.717, 1.165) is 0 Å². The fourth-order valence-electron chi connectivity index (χ4n) is 6.66. The van der Waals surface area contributed by atoms with Crippen molar-refractivity contribution in [1.29, 1.82) is 0 Å². The van der Waals surface area contributed by atoms with Crippen molar-refractivity contribution >= 4 is 59.9 Å². The molecule has 1 aliphatic carbocycles. The van der Waals surface area contributed by atoms with Gasteiger partial charge in [0.25, 0.3) is 0 Å². The summed E-state index contributed by atoms with van der Waals surface area (Å²) in [5.41, 5.74) is 5.39. The van der Waals surface area contributed by atoms with Crippen molar-refractivity contribution in [2.24, 2.45) is 0 Å². The minimum absolute atomic E-state index is 0.104. The lowest BCUT2D eigenvalue weighted by atomic mass is 9.85. The molecular formula is C37H26. The van der Waals surface area contributed by atoms with E-state index < -0.39 is 0 Å². The highest BCUT2D eigenvalue weighted by Crippen LogP contribution is 2.45. The molecular weight excluding hydrogens is 444 g/mol. The standard InChI is InChI=1S/C37H26/c1-37(2)20-19-25-21-23(16-18-34(25)37)24-15-17-29-28-11-5-7-13-31(28)35-30-12-6-3-9-26(30)27-10-4-8-14-32(27)36(35)33(29)22-24/h3-22H,1-2H3. The summed E-state index contributed by atoms with van der Waals surface area (Å²) in [6, 6.07) is 40.8. The lowest BCUT2D eigenvalue weighted by molar-refractivity contribution is 0.683. The lowest BCUT2D eigenvalue weighted by Crippen LogP contribution is -2.10. The molecule has 0 atom stereocenters. The Kier molecular flexibility index (Phi) is 4.10. The van der Waals surface area contributed by atoms with Crippen LogP contribution < -0.4 is 0 Å². The van der Waals surface area contributed by atoms with Crippen molar-refractivity contribution in [3.63, 3.8) is 0 Å². The molecule has 37 heavy (non-hydrogen) atoms. The number of hydrogen-bond donors (Lipinski definition) is 0. The van der Waals surface area contributed by atoms with Gasteiger partial charge in [-0.1, -0.05) is 123 Å². The average Bonchev–Trinajstić information content (AvgIpc) is 3.26. The minimum Gasteiger partial charge on any atom is -0.0739 e. The van der Waals surface area contributed by atoms with Gasteiger partial charge in [-0.25, -0.2) is 0 Å². The summed E-state index contributed by atoms with van der Waals surface area (Å²) in [5.74, 6) is 0. The second-order valence-electron chi connectivity index (χ2n) is 11.0. The van der Waals surface area contributed by atoms with Crippen LogP contribution >= 0.6 is 0 Å². The van der Waals surface area contributed by atoms with Crippen molar-refractivity contribution in [1.82, 2.24) is 0 Å². The number of hydrogen-bond acceptors (Lipinski definition) is 0. The fraction of sp³-hybridized carbons (Fsp3) is 0.0811. The second kappa shape index (κ2) is 7.31. The third-order valence-electron chi connectivity index (χ3n) is 8.47. The van der Waals surface area contributed by atoms with Gasteiger partial charge in [0.2, 0.25) is 0 Å². The van der Waals surface area contributed by atoms with E-state index >= 15 is 0 Å². The molecule has 0 heteroatoms. The molecule has 7 aromatic rings. The van der Waals surface area contributed by atoms with Gasteiger partial charge in [-0.05, 0) is 88.2 Å². The Morgan fingerprint density at radius 1 is 0.432 bits per heavy atom. The SMILES string of the molecule is CC1(C)C=Cc2cc(-c3ccc4c5ccccc5c5c6ccccc6c6ccccc6c5c4c3)ccc21. The number of fused-ring (bicyclic) bond motifs is 12. The summed E-state index contributed by atoms with van der Waals surface area (Å²) >= 11 is 0. The van der Waals surface area contributed by atoms with Gasteiger partial charge in [-0.3, -0.25) is 0 Å². The van der Waals surface area contributed by atoms with Crippen molar-refractivity contribution in [3.8, 4) is 11.1 Å². The van der Waals surface area contributed by atoms with E-state index in [1.807, 2.05) is 0 Å². The zero-order valence-electron chi connectivity index (χ0n) is 21.0. The van der Waals surface area contributed by atoms with E-state index in [9.17, 15) is 0 Å². The van der Waals surface area contributed by atoms with Crippen molar-refractivity contribution in [3.05, 3.63) is 126 Å². The molecule has 8 rings (SSSR count). The fourth-order valence-corrected chi connectivity index (χ4v) is 6.66. The Morgan fingerprint density at radius 2 is 0.892 bits per heavy atom. The third-order valence-corrected chi connectivity index (χ3v) is 8.47. The minimum atomic E-state index is 0.104. The Bertz CT molecular complexity index is 2090. The smallest absolute Gasteiger partial charge is 0.00845 e. The number of rotatable bonds is 1. The zero-order chi connectivity index (χ0) is 24.7. The molecule has 0 aromatic heterocycles. The predicted molar refractivity (Wildman–Crippen MR) is 161 cm³/mol. The largest absolute Gasteiger partial charge is 0.0739 e. The second-order valence-corrected chi connectivity index (χ2v) is 11.0. The molecule has 0 saturated heterocycles. The van der Waals surface area contributed by atoms with Crippen LogP contribution in [0.3, 0.4) is 0 Å². The molecule has 0 amide bonds. The first-order valence-corrected chi connectivity index (χ1v) is 13.1. The van der Waals surface area contributed by atoms with Crippen LogP contribution in [0.2, 0.25) is 0 Å². The van der Waals surface area contributed by atoms with Crippen LogP contribution in [0.5, 0.6) is 0 Å². The van der Waals surface area contributed by atoms with Crippen LogP contribution in [-0.2, 0) is 5.41 Å². The summed E-state index contributed by atoms with van der Waals surface area (Å²) < 4.78 is 0. The summed E-state index contributed by atoms with van der Waals surface area (Å²) in [7, 11) is 0.